The third-order valence-electron chi connectivity index (χ3n) is 3.90. The van der Waals surface area contributed by atoms with E-state index in [0.717, 1.165) is 38.9 Å². The van der Waals surface area contributed by atoms with Crippen LogP contribution < -0.4 is 4.72 Å². The molecule has 0 amide bonds. The maximum atomic E-state index is 11.1. The van der Waals surface area contributed by atoms with Crippen molar-refractivity contribution < 1.29 is 8.42 Å². The van der Waals surface area contributed by atoms with Crippen molar-refractivity contribution >= 4 is 10.0 Å². The highest BCUT2D eigenvalue weighted by Crippen LogP contribution is 2.17. The standard InChI is InChI=1S/C15H24N2O2S/c1-20(18,19)16-13-15-8-11-17(12-9-15)10-7-14-5-3-2-4-6-14/h2-6,15-16H,7-13H2,1H3. The summed E-state index contributed by atoms with van der Waals surface area (Å²) in [5.74, 6) is 0.484. The summed E-state index contributed by atoms with van der Waals surface area (Å²) in [6.45, 7) is 3.83. The third-order valence-corrected chi connectivity index (χ3v) is 4.59. The Bertz CT molecular complexity index is 494. The Balaban J connectivity index is 1.67. The third kappa shape index (κ3) is 5.61. The maximum Gasteiger partial charge on any atom is 0.208 e. The molecule has 5 heteroatoms. The first kappa shape index (κ1) is 15.5. The summed E-state index contributed by atoms with van der Waals surface area (Å²) in [5.41, 5.74) is 1.38. The predicted molar refractivity (Wildman–Crippen MR) is 82.2 cm³/mol. The molecule has 20 heavy (non-hydrogen) atoms. The van der Waals surface area contributed by atoms with Crippen molar-refractivity contribution in [3.63, 3.8) is 0 Å². The Morgan fingerprint density at radius 2 is 1.85 bits per heavy atom. The van der Waals surface area contributed by atoms with E-state index in [1.54, 1.807) is 0 Å². The highest BCUT2D eigenvalue weighted by Gasteiger charge is 2.19. The topological polar surface area (TPSA) is 49.4 Å². The molecule has 0 radical (unpaired) electrons. The molecule has 1 N–H and O–H groups in total. The van der Waals surface area contributed by atoms with Crippen LogP contribution in [0.15, 0.2) is 30.3 Å². The molecule has 0 atom stereocenters. The Morgan fingerprint density at radius 1 is 1.20 bits per heavy atom. The summed E-state index contributed by atoms with van der Waals surface area (Å²) in [6, 6.07) is 10.5. The molecule has 1 fully saturated rings. The fourth-order valence-corrected chi connectivity index (χ4v) is 3.15. The van der Waals surface area contributed by atoms with Gasteiger partial charge in [-0.3, -0.25) is 0 Å². The number of likely N-dealkylation sites (tertiary alicyclic amines) is 1. The average Bonchev–Trinajstić information content (AvgIpc) is 2.44. The normalized spacial score (nSPS) is 18.2. The van der Waals surface area contributed by atoms with Gasteiger partial charge >= 0.3 is 0 Å². The van der Waals surface area contributed by atoms with Crippen LogP contribution in [-0.4, -0.2) is 45.8 Å². The number of nitrogens with zero attached hydrogens (tertiary/aromatic N) is 1. The Labute approximate surface area is 122 Å². The molecule has 0 spiro atoms. The Hall–Kier alpha value is -0.910. The second-order valence-corrected chi connectivity index (χ2v) is 7.47. The first-order valence-electron chi connectivity index (χ1n) is 7.24. The number of hydrogen-bond donors (Lipinski definition) is 1. The number of hydrogen-bond acceptors (Lipinski definition) is 3. The Morgan fingerprint density at radius 3 is 2.45 bits per heavy atom. The van der Waals surface area contributed by atoms with Gasteiger partial charge in [0.15, 0.2) is 0 Å². The molecule has 1 aliphatic heterocycles. The number of rotatable bonds is 6. The quantitative estimate of drug-likeness (QED) is 0.865. The summed E-state index contributed by atoms with van der Waals surface area (Å²) >= 11 is 0. The SMILES string of the molecule is CS(=O)(=O)NCC1CCN(CCc2ccccc2)CC1. The van der Waals surface area contributed by atoms with Gasteiger partial charge < -0.3 is 4.90 Å². The van der Waals surface area contributed by atoms with Crippen LogP contribution in [0.3, 0.4) is 0 Å². The second-order valence-electron chi connectivity index (χ2n) is 5.64. The molecule has 4 nitrogen and oxygen atoms in total. The molecule has 1 aromatic rings. The molecule has 1 saturated heterocycles. The zero-order valence-corrected chi connectivity index (χ0v) is 12.9. The van der Waals surface area contributed by atoms with Gasteiger partial charge in [0, 0.05) is 13.1 Å². The van der Waals surface area contributed by atoms with E-state index >= 15 is 0 Å². The van der Waals surface area contributed by atoms with Crippen molar-refractivity contribution in [1.29, 1.82) is 0 Å². The minimum absolute atomic E-state index is 0.484. The van der Waals surface area contributed by atoms with Crippen molar-refractivity contribution in [2.45, 2.75) is 19.3 Å². The van der Waals surface area contributed by atoms with Crippen LogP contribution in [0, 0.1) is 5.92 Å². The van der Waals surface area contributed by atoms with Gasteiger partial charge in [-0.2, -0.15) is 0 Å². The molecular weight excluding hydrogens is 272 g/mol. The zero-order chi connectivity index (χ0) is 14.4. The Kier molecular flexibility index (Phi) is 5.57. The van der Waals surface area contributed by atoms with Gasteiger partial charge in [-0.25, -0.2) is 13.1 Å². The van der Waals surface area contributed by atoms with Crippen molar-refractivity contribution in [2.75, 3.05) is 32.4 Å². The fraction of sp³-hybridized carbons (Fsp3) is 0.600. The van der Waals surface area contributed by atoms with Crippen LogP contribution in [0.1, 0.15) is 18.4 Å². The van der Waals surface area contributed by atoms with Crippen LogP contribution in [0.4, 0.5) is 0 Å². The van der Waals surface area contributed by atoms with Gasteiger partial charge in [-0.1, -0.05) is 30.3 Å². The average molecular weight is 296 g/mol. The summed E-state index contributed by atoms with van der Waals surface area (Å²) in [7, 11) is -3.05. The molecular formula is C15H24N2O2S. The summed E-state index contributed by atoms with van der Waals surface area (Å²) < 4.78 is 24.8. The lowest BCUT2D eigenvalue weighted by atomic mass is 9.97. The van der Waals surface area contributed by atoms with E-state index in [2.05, 4.69) is 33.9 Å². The van der Waals surface area contributed by atoms with Crippen LogP contribution in [-0.2, 0) is 16.4 Å². The van der Waals surface area contributed by atoms with Gasteiger partial charge in [0.25, 0.3) is 0 Å². The van der Waals surface area contributed by atoms with E-state index in [9.17, 15) is 8.42 Å². The summed E-state index contributed by atoms with van der Waals surface area (Å²) in [5, 5.41) is 0. The smallest absolute Gasteiger partial charge is 0.208 e. The molecule has 0 aromatic heterocycles. The summed E-state index contributed by atoms with van der Waals surface area (Å²) in [4.78, 5) is 2.48. The van der Waals surface area contributed by atoms with E-state index in [4.69, 9.17) is 0 Å². The molecule has 1 aliphatic rings. The van der Waals surface area contributed by atoms with E-state index in [0.29, 0.717) is 12.5 Å². The molecule has 0 saturated carbocycles. The molecule has 0 aliphatic carbocycles. The van der Waals surface area contributed by atoms with Crippen LogP contribution in [0.2, 0.25) is 0 Å². The minimum atomic E-state index is -3.05. The van der Waals surface area contributed by atoms with Gasteiger partial charge in [0.2, 0.25) is 10.0 Å². The van der Waals surface area contributed by atoms with Crippen molar-refractivity contribution in [2.24, 2.45) is 5.92 Å². The number of nitrogens with one attached hydrogen (secondary N) is 1. The van der Waals surface area contributed by atoms with E-state index in [1.165, 1.54) is 11.8 Å². The lowest BCUT2D eigenvalue weighted by molar-refractivity contribution is 0.187. The van der Waals surface area contributed by atoms with Crippen LogP contribution in [0.5, 0.6) is 0 Å². The predicted octanol–water partition coefficient (Wildman–Crippen LogP) is 1.49. The first-order chi connectivity index (χ1) is 9.53. The zero-order valence-electron chi connectivity index (χ0n) is 12.1. The van der Waals surface area contributed by atoms with Crippen LogP contribution in [0.25, 0.3) is 0 Å². The summed E-state index contributed by atoms with van der Waals surface area (Å²) in [6.07, 6.45) is 4.48. The number of sulfonamides is 1. The van der Waals surface area contributed by atoms with Gasteiger partial charge in [-0.15, -0.1) is 0 Å². The first-order valence-corrected chi connectivity index (χ1v) is 9.13. The molecule has 0 bridgehead atoms. The monoisotopic (exact) mass is 296 g/mol. The lowest BCUT2D eigenvalue weighted by Crippen LogP contribution is -2.39. The lowest BCUT2D eigenvalue weighted by Gasteiger charge is -2.31. The highest BCUT2D eigenvalue weighted by molar-refractivity contribution is 7.88. The highest BCUT2D eigenvalue weighted by atomic mass is 32.2. The molecule has 112 valence electrons. The van der Waals surface area contributed by atoms with E-state index < -0.39 is 10.0 Å². The van der Waals surface area contributed by atoms with E-state index in [-0.39, 0.29) is 0 Å². The second kappa shape index (κ2) is 7.20. The fourth-order valence-electron chi connectivity index (χ4n) is 2.62. The number of piperidine rings is 1. The molecule has 2 rings (SSSR count). The molecule has 1 heterocycles. The molecule has 0 unspecified atom stereocenters. The van der Waals surface area contributed by atoms with Gasteiger partial charge in [-0.05, 0) is 43.8 Å². The maximum absolute atomic E-state index is 11.1. The van der Waals surface area contributed by atoms with Gasteiger partial charge in [0.1, 0.15) is 0 Å². The number of benzene rings is 1. The van der Waals surface area contributed by atoms with Crippen molar-refractivity contribution in [1.82, 2.24) is 9.62 Å². The molecule has 1 aromatic carbocycles. The van der Waals surface area contributed by atoms with E-state index in [1.807, 2.05) is 6.07 Å². The van der Waals surface area contributed by atoms with Crippen molar-refractivity contribution in [3.8, 4) is 0 Å². The largest absolute Gasteiger partial charge is 0.303 e. The van der Waals surface area contributed by atoms with Gasteiger partial charge in [0.05, 0.1) is 6.26 Å². The minimum Gasteiger partial charge on any atom is -0.303 e. The van der Waals surface area contributed by atoms with Crippen molar-refractivity contribution in [3.05, 3.63) is 35.9 Å². The van der Waals surface area contributed by atoms with Crippen LogP contribution >= 0.6 is 0 Å².